The monoisotopic (exact) mass is 242 g/mol. The Balaban J connectivity index is 2.24. The number of carbonyl (C=O) groups excluding carboxylic acids is 1. The van der Waals surface area contributed by atoms with Crippen molar-refractivity contribution in [3.63, 3.8) is 0 Å². The maximum atomic E-state index is 11.3. The highest BCUT2D eigenvalue weighted by molar-refractivity contribution is 5.98. The molecule has 5 heteroatoms. The van der Waals surface area contributed by atoms with Crippen LogP contribution in [0.5, 0.6) is 0 Å². The number of nitrogens with zero attached hydrogens (tertiary/aromatic N) is 3. The molecule has 2 rings (SSSR count). The zero-order chi connectivity index (χ0) is 13.0. The minimum atomic E-state index is -0.481. The van der Waals surface area contributed by atoms with Gasteiger partial charge in [-0.1, -0.05) is 6.07 Å². The number of anilines is 1. The fourth-order valence-corrected chi connectivity index (χ4v) is 1.73. The van der Waals surface area contributed by atoms with Crippen LogP contribution in [0, 0.1) is 0 Å². The Labute approximate surface area is 105 Å². The second kappa shape index (κ2) is 5.27. The van der Waals surface area contributed by atoms with Crippen LogP contribution < -0.4 is 10.6 Å². The lowest BCUT2D eigenvalue weighted by Gasteiger charge is -2.20. The topological polar surface area (TPSA) is 72.1 Å². The van der Waals surface area contributed by atoms with E-state index in [2.05, 4.69) is 9.97 Å². The van der Waals surface area contributed by atoms with Crippen molar-refractivity contribution >= 4 is 11.6 Å². The number of amides is 1. The molecule has 0 bridgehead atoms. The molecule has 2 aromatic rings. The van der Waals surface area contributed by atoms with Crippen LogP contribution in [0.2, 0.25) is 0 Å². The lowest BCUT2D eigenvalue weighted by atomic mass is 10.2. The molecule has 2 aromatic heterocycles. The highest BCUT2D eigenvalue weighted by Gasteiger charge is 2.12. The van der Waals surface area contributed by atoms with Gasteiger partial charge in [0.25, 0.3) is 5.91 Å². The summed E-state index contributed by atoms with van der Waals surface area (Å²) in [7, 11) is 1.89. The molecule has 0 aliphatic heterocycles. The van der Waals surface area contributed by atoms with Gasteiger partial charge in [0.2, 0.25) is 0 Å². The minimum absolute atomic E-state index is 0.413. The van der Waals surface area contributed by atoms with Gasteiger partial charge in [-0.2, -0.15) is 0 Å². The number of hydrogen-bond acceptors (Lipinski definition) is 4. The molecule has 1 amide bonds. The first kappa shape index (κ1) is 12.0. The third-order valence-corrected chi connectivity index (χ3v) is 2.60. The van der Waals surface area contributed by atoms with E-state index in [1.807, 2.05) is 30.1 Å². The number of aromatic nitrogens is 2. The predicted molar refractivity (Wildman–Crippen MR) is 69.1 cm³/mol. The number of hydrogen-bond donors (Lipinski definition) is 1. The lowest BCUT2D eigenvalue weighted by molar-refractivity contribution is 0.100. The lowest BCUT2D eigenvalue weighted by Crippen LogP contribution is -2.22. The third kappa shape index (κ3) is 2.63. The summed E-state index contributed by atoms with van der Waals surface area (Å²) in [6.45, 7) is 0.602. The Hall–Kier alpha value is -2.43. The summed E-state index contributed by atoms with van der Waals surface area (Å²) in [6.07, 6.45) is 4.86. The standard InChI is InChI=1S/C13H14N4O/c1-17(9-10-4-2-3-6-16-10)12-5-7-15-8-11(12)13(14)18/h2-8H,9H2,1H3,(H2,14,18). The molecule has 0 saturated heterocycles. The molecule has 0 fully saturated rings. The largest absolute Gasteiger partial charge is 0.368 e. The predicted octanol–water partition coefficient (Wildman–Crippen LogP) is 1.21. The fourth-order valence-electron chi connectivity index (χ4n) is 1.73. The van der Waals surface area contributed by atoms with Crippen molar-refractivity contribution in [3.05, 3.63) is 54.1 Å². The zero-order valence-electron chi connectivity index (χ0n) is 10.1. The van der Waals surface area contributed by atoms with Crippen molar-refractivity contribution < 1.29 is 4.79 Å². The van der Waals surface area contributed by atoms with Gasteiger partial charge in [0.15, 0.2) is 0 Å². The molecule has 0 saturated carbocycles. The SMILES string of the molecule is CN(Cc1ccccn1)c1ccncc1C(N)=O. The van der Waals surface area contributed by atoms with Crippen LogP contribution in [0.1, 0.15) is 16.1 Å². The molecule has 0 atom stereocenters. The molecule has 0 unspecified atom stereocenters. The van der Waals surface area contributed by atoms with Gasteiger partial charge in [0.05, 0.1) is 23.5 Å². The first-order valence-corrected chi connectivity index (χ1v) is 5.53. The molecule has 2 N–H and O–H groups in total. The normalized spacial score (nSPS) is 10.1. The van der Waals surface area contributed by atoms with Gasteiger partial charge in [0, 0.05) is 25.6 Å². The molecule has 18 heavy (non-hydrogen) atoms. The summed E-state index contributed by atoms with van der Waals surface area (Å²) in [5, 5.41) is 0. The van der Waals surface area contributed by atoms with Gasteiger partial charge in [-0.25, -0.2) is 0 Å². The quantitative estimate of drug-likeness (QED) is 0.874. The zero-order valence-corrected chi connectivity index (χ0v) is 10.1. The Morgan fingerprint density at radius 2 is 2.17 bits per heavy atom. The Bertz CT molecular complexity index is 542. The maximum absolute atomic E-state index is 11.3. The van der Waals surface area contributed by atoms with Crippen molar-refractivity contribution in [2.24, 2.45) is 5.73 Å². The fraction of sp³-hybridized carbons (Fsp3) is 0.154. The van der Waals surface area contributed by atoms with Crippen LogP contribution in [0.3, 0.4) is 0 Å². The second-order valence-corrected chi connectivity index (χ2v) is 3.93. The average molecular weight is 242 g/mol. The van der Waals surface area contributed by atoms with E-state index in [1.165, 1.54) is 6.20 Å². The molecule has 5 nitrogen and oxygen atoms in total. The number of pyridine rings is 2. The van der Waals surface area contributed by atoms with Crippen LogP contribution in [0.15, 0.2) is 42.9 Å². The van der Waals surface area contributed by atoms with E-state index in [-0.39, 0.29) is 0 Å². The van der Waals surface area contributed by atoms with Crippen molar-refractivity contribution in [2.75, 3.05) is 11.9 Å². The van der Waals surface area contributed by atoms with Crippen molar-refractivity contribution in [1.82, 2.24) is 9.97 Å². The van der Waals surface area contributed by atoms with Gasteiger partial charge < -0.3 is 10.6 Å². The molecule has 0 radical (unpaired) electrons. The number of rotatable bonds is 4. The highest BCUT2D eigenvalue weighted by atomic mass is 16.1. The minimum Gasteiger partial charge on any atom is -0.368 e. The Morgan fingerprint density at radius 1 is 1.33 bits per heavy atom. The van der Waals surface area contributed by atoms with Crippen LogP contribution in [0.4, 0.5) is 5.69 Å². The summed E-state index contributed by atoms with van der Waals surface area (Å²) in [5.41, 5.74) is 7.41. The van der Waals surface area contributed by atoms with Crippen LogP contribution in [0.25, 0.3) is 0 Å². The Morgan fingerprint density at radius 3 is 2.83 bits per heavy atom. The van der Waals surface area contributed by atoms with Gasteiger partial charge in [-0.15, -0.1) is 0 Å². The number of primary amides is 1. The summed E-state index contributed by atoms with van der Waals surface area (Å²) < 4.78 is 0. The molecule has 2 heterocycles. The highest BCUT2D eigenvalue weighted by Crippen LogP contribution is 2.18. The number of carbonyl (C=O) groups is 1. The molecule has 92 valence electrons. The second-order valence-electron chi connectivity index (χ2n) is 3.93. The maximum Gasteiger partial charge on any atom is 0.252 e. The molecule has 0 aliphatic rings. The summed E-state index contributed by atoms with van der Waals surface area (Å²) in [4.78, 5) is 21.4. The summed E-state index contributed by atoms with van der Waals surface area (Å²) >= 11 is 0. The van der Waals surface area contributed by atoms with Crippen LogP contribution >= 0.6 is 0 Å². The van der Waals surface area contributed by atoms with E-state index in [0.29, 0.717) is 12.1 Å². The van der Waals surface area contributed by atoms with Crippen molar-refractivity contribution in [1.29, 1.82) is 0 Å². The van der Waals surface area contributed by atoms with E-state index in [9.17, 15) is 4.79 Å². The summed E-state index contributed by atoms with van der Waals surface area (Å²) in [6, 6.07) is 7.49. The van der Waals surface area contributed by atoms with E-state index >= 15 is 0 Å². The molecule has 0 aromatic carbocycles. The molecular formula is C13H14N4O. The van der Waals surface area contributed by atoms with E-state index in [0.717, 1.165) is 11.4 Å². The number of nitrogens with two attached hydrogens (primary N) is 1. The van der Waals surface area contributed by atoms with Crippen molar-refractivity contribution in [3.8, 4) is 0 Å². The van der Waals surface area contributed by atoms with Gasteiger partial charge in [-0.05, 0) is 18.2 Å². The van der Waals surface area contributed by atoms with Gasteiger partial charge in [-0.3, -0.25) is 14.8 Å². The first-order chi connectivity index (χ1) is 8.68. The smallest absolute Gasteiger partial charge is 0.252 e. The average Bonchev–Trinajstić information content (AvgIpc) is 2.40. The van der Waals surface area contributed by atoms with E-state index < -0.39 is 5.91 Å². The van der Waals surface area contributed by atoms with E-state index in [4.69, 9.17) is 5.73 Å². The molecule has 0 aliphatic carbocycles. The first-order valence-electron chi connectivity index (χ1n) is 5.53. The molecule has 0 spiro atoms. The van der Waals surface area contributed by atoms with Crippen LogP contribution in [-0.4, -0.2) is 22.9 Å². The van der Waals surface area contributed by atoms with E-state index in [1.54, 1.807) is 18.5 Å². The third-order valence-electron chi connectivity index (χ3n) is 2.60. The van der Waals surface area contributed by atoms with Gasteiger partial charge >= 0.3 is 0 Å². The van der Waals surface area contributed by atoms with Crippen LogP contribution in [-0.2, 0) is 6.54 Å². The summed E-state index contributed by atoms with van der Waals surface area (Å²) in [5.74, 6) is -0.481. The van der Waals surface area contributed by atoms with Crippen molar-refractivity contribution in [2.45, 2.75) is 6.54 Å². The van der Waals surface area contributed by atoms with Gasteiger partial charge in [0.1, 0.15) is 0 Å². The Kier molecular flexibility index (Phi) is 3.52. The molecular weight excluding hydrogens is 228 g/mol.